The second-order valence-electron chi connectivity index (χ2n) is 4.89. The Morgan fingerprint density at radius 2 is 2.12 bits per heavy atom. The Kier molecular flexibility index (Phi) is 5.15. The van der Waals surface area contributed by atoms with Gasteiger partial charge < -0.3 is 10.1 Å². The number of hydrogen-bond donors (Lipinski definition) is 1. The molecule has 132 valence electrons. The molecule has 11 heteroatoms. The van der Waals surface area contributed by atoms with Gasteiger partial charge in [0.05, 0.1) is 11.8 Å². The van der Waals surface area contributed by atoms with Gasteiger partial charge in [0, 0.05) is 12.5 Å². The SMILES string of the molecule is Cc1ncc([N+](=O)[O-])n1CC(=O)N/N=C\c1ccccc1C(F)(F)F. The lowest BCUT2D eigenvalue weighted by molar-refractivity contribution is -0.392. The maximum atomic E-state index is 12.8. The molecular formula is C14H12F3N5O3. The smallest absolute Gasteiger partial charge is 0.358 e. The van der Waals surface area contributed by atoms with Gasteiger partial charge in [0.25, 0.3) is 5.91 Å². The van der Waals surface area contributed by atoms with E-state index in [0.29, 0.717) is 0 Å². The van der Waals surface area contributed by atoms with Gasteiger partial charge in [-0.25, -0.2) is 15.0 Å². The number of nitrogens with zero attached hydrogens (tertiary/aromatic N) is 4. The molecular weight excluding hydrogens is 343 g/mol. The molecule has 1 aromatic heterocycles. The molecule has 0 bridgehead atoms. The molecule has 1 amide bonds. The molecule has 0 aliphatic heterocycles. The quantitative estimate of drug-likeness (QED) is 0.505. The van der Waals surface area contributed by atoms with E-state index in [2.05, 4.69) is 10.1 Å². The lowest BCUT2D eigenvalue weighted by Crippen LogP contribution is -2.24. The van der Waals surface area contributed by atoms with E-state index in [-0.39, 0.29) is 17.2 Å². The molecule has 0 saturated heterocycles. The van der Waals surface area contributed by atoms with Gasteiger partial charge in [-0.15, -0.1) is 0 Å². The summed E-state index contributed by atoms with van der Waals surface area (Å²) in [4.78, 5) is 25.7. The number of hydrogen-bond acceptors (Lipinski definition) is 5. The fourth-order valence-electron chi connectivity index (χ4n) is 2.02. The van der Waals surface area contributed by atoms with Gasteiger partial charge >= 0.3 is 12.0 Å². The highest BCUT2D eigenvalue weighted by Gasteiger charge is 2.32. The molecule has 0 aliphatic rings. The molecule has 0 atom stereocenters. The Bertz CT molecular complexity index is 829. The molecule has 1 N–H and O–H groups in total. The van der Waals surface area contributed by atoms with E-state index in [4.69, 9.17) is 0 Å². The zero-order valence-corrected chi connectivity index (χ0v) is 12.8. The first-order chi connectivity index (χ1) is 11.7. The van der Waals surface area contributed by atoms with Gasteiger partial charge in [-0.2, -0.15) is 18.3 Å². The van der Waals surface area contributed by atoms with Crippen LogP contribution in [0.15, 0.2) is 35.6 Å². The number of benzene rings is 1. The number of nitro groups is 1. The number of hydrazone groups is 1. The Morgan fingerprint density at radius 1 is 1.44 bits per heavy atom. The van der Waals surface area contributed by atoms with Gasteiger partial charge in [0.2, 0.25) is 0 Å². The fraction of sp³-hybridized carbons (Fsp3) is 0.214. The summed E-state index contributed by atoms with van der Waals surface area (Å²) in [6.07, 6.45) is -2.69. The van der Waals surface area contributed by atoms with Crippen molar-refractivity contribution in [3.05, 3.63) is 57.5 Å². The molecule has 0 fully saturated rings. The lowest BCUT2D eigenvalue weighted by Gasteiger charge is -2.09. The van der Waals surface area contributed by atoms with Crippen LogP contribution < -0.4 is 5.43 Å². The number of nitrogens with one attached hydrogen (secondary N) is 1. The summed E-state index contributed by atoms with van der Waals surface area (Å²) in [7, 11) is 0. The summed E-state index contributed by atoms with van der Waals surface area (Å²) in [5.74, 6) is -0.878. The van der Waals surface area contributed by atoms with Crippen molar-refractivity contribution in [1.29, 1.82) is 0 Å². The van der Waals surface area contributed by atoms with Crippen molar-refractivity contribution in [1.82, 2.24) is 15.0 Å². The summed E-state index contributed by atoms with van der Waals surface area (Å²) in [5, 5.41) is 14.3. The van der Waals surface area contributed by atoms with Crippen LogP contribution in [0.1, 0.15) is 17.0 Å². The number of imidazole rings is 1. The summed E-state index contributed by atoms with van der Waals surface area (Å²) in [6.45, 7) is 1.03. The van der Waals surface area contributed by atoms with Gasteiger partial charge in [-0.3, -0.25) is 4.79 Å². The van der Waals surface area contributed by atoms with Crippen LogP contribution in [0.5, 0.6) is 0 Å². The van der Waals surface area contributed by atoms with Crippen molar-refractivity contribution >= 4 is 17.9 Å². The highest BCUT2D eigenvalue weighted by molar-refractivity contribution is 5.84. The average Bonchev–Trinajstić information content (AvgIpc) is 2.88. The van der Waals surface area contributed by atoms with Crippen LogP contribution in [0.4, 0.5) is 19.0 Å². The number of aryl methyl sites for hydroxylation is 1. The van der Waals surface area contributed by atoms with E-state index < -0.39 is 29.1 Å². The monoisotopic (exact) mass is 355 g/mol. The van der Waals surface area contributed by atoms with Crippen molar-refractivity contribution in [2.24, 2.45) is 5.10 Å². The van der Waals surface area contributed by atoms with Crippen LogP contribution in [-0.4, -0.2) is 26.6 Å². The number of amides is 1. The maximum absolute atomic E-state index is 12.8. The van der Waals surface area contributed by atoms with Gasteiger partial charge in [-0.05, 0) is 11.0 Å². The minimum Gasteiger partial charge on any atom is -0.358 e. The molecule has 0 radical (unpaired) electrons. The number of carbonyl (C=O) groups excluding carboxylic acids is 1. The molecule has 1 heterocycles. The van der Waals surface area contributed by atoms with Crippen molar-refractivity contribution in [3.8, 4) is 0 Å². The van der Waals surface area contributed by atoms with Crippen molar-refractivity contribution in [2.45, 2.75) is 19.6 Å². The van der Waals surface area contributed by atoms with Gasteiger partial charge in [0.1, 0.15) is 6.20 Å². The van der Waals surface area contributed by atoms with Crippen molar-refractivity contribution in [3.63, 3.8) is 0 Å². The molecule has 0 unspecified atom stereocenters. The Hall–Kier alpha value is -3.24. The maximum Gasteiger partial charge on any atom is 0.417 e. The Morgan fingerprint density at radius 3 is 2.76 bits per heavy atom. The Labute approximate surface area is 139 Å². The van der Waals surface area contributed by atoms with Crippen LogP contribution in [0.25, 0.3) is 0 Å². The zero-order chi connectivity index (χ0) is 18.6. The van der Waals surface area contributed by atoms with E-state index in [1.165, 1.54) is 25.1 Å². The Balaban J connectivity index is 2.08. The van der Waals surface area contributed by atoms with E-state index in [1.807, 2.05) is 5.43 Å². The lowest BCUT2D eigenvalue weighted by atomic mass is 10.1. The number of halogens is 3. The first kappa shape index (κ1) is 18.1. The second kappa shape index (κ2) is 7.11. The molecule has 8 nitrogen and oxygen atoms in total. The number of carbonyl (C=O) groups is 1. The van der Waals surface area contributed by atoms with Crippen LogP contribution in [0.2, 0.25) is 0 Å². The number of alkyl halides is 3. The van der Waals surface area contributed by atoms with Crippen LogP contribution >= 0.6 is 0 Å². The van der Waals surface area contributed by atoms with E-state index in [1.54, 1.807) is 0 Å². The molecule has 2 aromatic rings. The summed E-state index contributed by atoms with van der Waals surface area (Å²) >= 11 is 0. The molecule has 1 aromatic carbocycles. The van der Waals surface area contributed by atoms with E-state index >= 15 is 0 Å². The molecule has 0 spiro atoms. The third-order valence-electron chi connectivity index (χ3n) is 3.18. The van der Waals surface area contributed by atoms with Crippen molar-refractivity contribution in [2.75, 3.05) is 0 Å². The van der Waals surface area contributed by atoms with E-state index in [0.717, 1.165) is 23.0 Å². The summed E-state index contributed by atoms with van der Waals surface area (Å²) in [6, 6.07) is 4.72. The average molecular weight is 355 g/mol. The first-order valence-corrected chi connectivity index (χ1v) is 6.85. The minimum atomic E-state index is -4.55. The molecule has 0 saturated carbocycles. The third-order valence-corrected chi connectivity index (χ3v) is 3.18. The summed E-state index contributed by atoms with van der Waals surface area (Å²) in [5.41, 5.74) is 0.917. The zero-order valence-electron chi connectivity index (χ0n) is 12.8. The largest absolute Gasteiger partial charge is 0.417 e. The van der Waals surface area contributed by atoms with Gasteiger partial charge in [0.15, 0.2) is 12.4 Å². The van der Waals surface area contributed by atoms with Crippen LogP contribution in [0.3, 0.4) is 0 Å². The number of aromatic nitrogens is 2. The van der Waals surface area contributed by atoms with E-state index in [9.17, 15) is 28.1 Å². The van der Waals surface area contributed by atoms with Crippen LogP contribution in [0, 0.1) is 17.0 Å². The van der Waals surface area contributed by atoms with Crippen molar-refractivity contribution < 1.29 is 22.9 Å². The summed E-state index contributed by atoms with van der Waals surface area (Å²) < 4.78 is 39.5. The normalized spacial score (nSPS) is 11.7. The highest BCUT2D eigenvalue weighted by atomic mass is 19.4. The first-order valence-electron chi connectivity index (χ1n) is 6.85. The highest BCUT2D eigenvalue weighted by Crippen LogP contribution is 2.31. The molecule has 2 rings (SSSR count). The number of rotatable bonds is 5. The fourth-order valence-corrected chi connectivity index (χ4v) is 2.02. The standard InChI is InChI=1S/C14H12F3N5O3/c1-9-18-7-13(22(24)25)21(9)8-12(23)20-19-6-10-4-2-3-5-11(10)14(15,16)17/h2-7H,8H2,1H3,(H,20,23)/b19-6-. The minimum absolute atomic E-state index is 0.222. The topological polar surface area (TPSA) is 102 Å². The second-order valence-corrected chi connectivity index (χ2v) is 4.89. The van der Waals surface area contributed by atoms with Crippen LogP contribution in [-0.2, 0) is 17.5 Å². The predicted molar refractivity (Wildman–Crippen MR) is 80.8 cm³/mol. The molecule has 0 aliphatic carbocycles. The predicted octanol–water partition coefficient (Wildman–Crippen LogP) is 2.27. The third kappa shape index (κ3) is 4.40. The van der Waals surface area contributed by atoms with Gasteiger partial charge in [-0.1, -0.05) is 18.2 Å². The molecule has 25 heavy (non-hydrogen) atoms.